The zero-order chi connectivity index (χ0) is 14.2. The summed E-state index contributed by atoms with van der Waals surface area (Å²) in [6, 6.07) is 6.13. The smallest absolute Gasteiger partial charge is 0.128 e. The van der Waals surface area contributed by atoms with Crippen LogP contribution in [0, 0.1) is 19.7 Å². The first kappa shape index (κ1) is 14.2. The largest absolute Gasteiger partial charge is 0.326 e. The molecule has 1 heterocycles. The molecule has 2 unspecified atom stereocenters. The molecule has 0 aliphatic carbocycles. The lowest BCUT2D eigenvalue weighted by molar-refractivity contribution is 0.425. The summed E-state index contributed by atoms with van der Waals surface area (Å²) in [6.07, 6.45) is 0. The van der Waals surface area contributed by atoms with E-state index in [1.165, 1.54) is 6.07 Å². The minimum absolute atomic E-state index is 0.248. The zero-order valence-corrected chi connectivity index (χ0v) is 12.8. The number of rotatable bonds is 3. The SMILES string of the molecule is Cc1nn(C(c2ccccc2F)C(C)N)c(C)c1Br. The van der Waals surface area contributed by atoms with E-state index in [1.54, 1.807) is 16.8 Å². The molecule has 2 N–H and O–H groups in total. The third kappa shape index (κ3) is 2.58. The molecule has 0 bridgehead atoms. The summed E-state index contributed by atoms with van der Waals surface area (Å²) in [6.45, 7) is 5.72. The van der Waals surface area contributed by atoms with E-state index in [4.69, 9.17) is 5.73 Å². The van der Waals surface area contributed by atoms with Gasteiger partial charge in [-0.2, -0.15) is 5.10 Å². The van der Waals surface area contributed by atoms with Crippen LogP contribution in [0.1, 0.15) is 29.9 Å². The predicted octanol–water partition coefficient (Wildman–Crippen LogP) is 3.34. The number of nitrogens with two attached hydrogens (primary N) is 1. The molecule has 0 fully saturated rings. The van der Waals surface area contributed by atoms with Gasteiger partial charge in [0.05, 0.1) is 21.9 Å². The zero-order valence-electron chi connectivity index (χ0n) is 11.2. The number of halogens is 2. The molecule has 102 valence electrons. The Balaban J connectivity index is 2.59. The van der Waals surface area contributed by atoms with Gasteiger partial charge in [0.1, 0.15) is 5.82 Å². The Hall–Kier alpha value is -1.20. The molecule has 0 radical (unpaired) electrons. The summed E-state index contributed by atoms with van der Waals surface area (Å²) in [5, 5.41) is 4.47. The number of benzene rings is 1. The van der Waals surface area contributed by atoms with E-state index in [2.05, 4.69) is 21.0 Å². The van der Waals surface area contributed by atoms with Crippen molar-refractivity contribution in [2.45, 2.75) is 32.9 Å². The van der Waals surface area contributed by atoms with Crippen LogP contribution in [0.15, 0.2) is 28.7 Å². The third-order valence-electron chi connectivity index (χ3n) is 3.22. The minimum atomic E-state index is -0.314. The van der Waals surface area contributed by atoms with Crippen LogP contribution in [0.2, 0.25) is 0 Å². The molecule has 0 aliphatic heterocycles. The second-order valence-corrected chi connectivity index (χ2v) is 5.55. The Labute approximate surface area is 120 Å². The molecule has 2 aromatic rings. The lowest BCUT2D eigenvalue weighted by atomic mass is 10.0. The fourth-order valence-corrected chi connectivity index (χ4v) is 2.53. The quantitative estimate of drug-likeness (QED) is 0.940. The van der Waals surface area contributed by atoms with Crippen molar-refractivity contribution in [3.63, 3.8) is 0 Å². The fraction of sp³-hybridized carbons (Fsp3) is 0.357. The molecule has 0 amide bonds. The van der Waals surface area contributed by atoms with Crippen molar-refractivity contribution >= 4 is 15.9 Å². The molecule has 19 heavy (non-hydrogen) atoms. The molecular formula is C14H17BrFN3. The van der Waals surface area contributed by atoms with Crippen molar-refractivity contribution in [1.29, 1.82) is 0 Å². The molecular weight excluding hydrogens is 309 g/mol. The molecule has 1 aromatic carbocycles. The predicted molar refractivity (Wildman–Crippen MR) is 77.6 cm³/mol. The molecule has 2 rings (SSSR count). The Morgan fingerprint density at radius 3 is 2.42 bits per heavy atom. The average Bonchev–Trinajstić information content (AvgIpc) is 2.60. The van der Waals surface area contributed by atoms with Crippen LogP contribution in [0.25, 0.3) is 0 Å². The van der Waals surface area contributed by atoms with Gasteiger partial charge >= 0.3 is 0 Å². The second-order valence-electron chi connectivity index (χ2n) is 4.75. The van der Waals surface area contributed by atoms with Gasteiger partial charge in [-0.3, -0.25) is 4.68 Å². The first-order chi connectivity index (χ1) is 8.93. The first-order valence-electron chi connectivity index (χ1n) is 6.14. The Morgan fingerprint density at radius 1 is 1.32 bits per heavy atom. The number of hydrogen-bond acceptors (Lipinski definition) is 2. The highest BCUT2D eigenvalue weighted by Crippen LogP contribution is 2.29. The van der Waals surface area contributed by atoms with Crippen molar-refractivity contribution in [3.8, 4) is 0 Å². The summed E-state index contributed by atoms with van der Waals surface area (Å²) in [4.78, 5) is 0. The van der Waals surface area contributed by atoms with E-state index in [9.17, 15) is 4.39 Å². The van der Waals surface area contributed by atoms with Gasteiger partial charge in [0.15, 0.2) is 0 Å². The number of aryl methyl sites for hydroxylation is 1. The monoisotopic (exact) mass is 325 g/mol. The van der Waals surface area contributed by atoms with Gasteiger partial charge in [-0.1, -0.05) is 18.2 Å². The minimum Gasteiger partial charge on any atom is -0.326 e. The van der Waals surface area contributed by atoms with E-state index in [-0.39, 0.29) is 17.9 Å². The van der Waals surface area contributed by atoms with Crippen LogP contribution in [0.5, 0.6) is 0 Å². The summed E-state index contributed by atoms with van der Waals surface area (Å²) >= 11 is 3.49. The maximum absolute atomic E-state index is 14.0. The van der Waals surface area contributed by atoms with Crippen LogP contribution in [-0.2, 0) is 0 Å². The van der Waals surface area contributed by atoms with Crippen molar-refractivity contribution < 1.29 is 4.39 Å². The Bertz CT molecular complexity index is 592. The van der Waals surface area contributed by atoms with Gasteiger partial charge in [-0.15, -0.1) is 0 Å². The van der Waals surface area contributed by atoms with Gasteiger partial charge in [0, 0.05) is 11.6 Å². The summed E-state index contributed by atoms with van der Waals surface area (Å²) < 4.78 is 16.7. The van der Waals surface area contributed by atoms with Crippen LogP contribution in [0.3, 0.4) is 0 Å². The highest BCUT2D eigenvalue weighted by molar-refractivity contribution is 9.10. The molecule has 0 saturated carbocycles. The van der Waals surface area contributed by atoms with E-state index >= 15 is 0 Å². The molecule has 1 aromatic heterocycles. The van der Waals surface area contributed by atoms with Gasteiger partial charge in [-0.05, 0) is 42.8 Å². The van der Waals surface area contributed by atoms with Gasteiger partial charge < -0.3 is 5.73 Å². The second kappa shape index (κ2) is 5.43. The lowest BCUT2D eigenvalue weighted by Gasteiger charge is -2.23. The van der Waals surface area contributed by atoms with E-state index in [0.29, 0.717) is 5.56 Å². The maximum Gasteiger partial charge on any atom is 0.128 e. The highest BCUT2D eigenvalue weighted by Gasteiger charge is 2.25. The molecule has 2 atom stereocenters. The Morgan fingerprint density at radius 2 is 1.95 bits per heavy atom. The standard InChI is InChI=1S/C14H17BrFN3/c1-8(17)14(11-6-4-5-7-12(11)16)19-10(3)13(15)9(2)18-19/h4-8,14H,17H2,1-3H3. The number of hydrogen-bond donors (Lipinski definition) is 1. The average molecular weight is 326 g/mol. The van der Waals surface area contributed by atoms with E-state index in [1.807, 2.05) is 26.8 Å². The third-order valence-corrected chi connectivity index (χ3v) is 4.37. The molecule has 5 heteroatoms. The summed E-state index contributed by atoms with van der Waals surface area (Å²) in [7, 11) is 0. The fourth-order valence-electron chi connectivity index (χ4n) is 2.27. The van der Waals surface area contributed by atoms with E-state index in [0.717, 1.165) is 15.9 Å². The molecule has 0 saturated heterocycles. The number of aromatic nitrogens is 2. The van der Waals surface area contributed by atoms with Gasteiger partial charge in [0.2, 0.25) is 0 Å². The lowest BCUT2D eigenvalue weighted by Crippen LogP contribution is -2.32. The van der Waals surface area contributed by atoms with Gasteiger partial charge in [-0.25, -0.2) is 4.39 Å². The van der Waals surface area contributed by atoms with Crippen LogP contribution < -0.4 is 5.73 Å². The van der Waals surface area contributed by atoms with Crippen molar-refractivity contribution in [1.82, 2.24) is 9.78 Å². The summed E-state index contributed by atoms with van der Waals surface area (Å²) in [5.74, 6) is -0.256. The van der Waals surface area contributed by atoms with Crippen molar-refractivity contribution in [2.24, 2.45) is 5.73 Å². The van der Waals surface area contributed by atoms with Crippen molar-refractivity contribution in [3.05, 3.63) is 51.5 Å². The van der Waals surface area contributed by atoms with Crippen LogP contribution in [0.4, 0.5) is 4.39 Å². The molecule has 3 nitrogen and oxygen atoms in total. The van der Waals surface area contributed by atoms with Crippen molar-refractivity contribution in [2.75, 3.05) is 0 Å². The molecule has 0 spiro atoms. The highest BCUT2D eigenvalue weighted by atomic mass is 79.9. The topological polar surface area (TPSA) is 43.8 Å². The van der Waals surface area contributed by atoms with Crippen LogP contribution in [-0.4, -0.2) is 15.8 Å². The normalized spacial score (nSPS) is 14.4. The van der Waals surface area contributed by atoms with E-state index < -0.39 is 0 Å². The van der Waals surface area contributed by atoms with Gasteiger partial charge in [0.25, 0.3) is 0 Å². The Kier molecular flexibility index (Phi) is 4.06. The van der Waals surface area contributed by atoms with Crippen LogP contribution >= 0.6 is 15.9 Å². The number of nitrogens with zero attached hydrogens (tertiary/aromatic N) is 2. The molecule has 0 aliphatic rings. The maximum atomic E-state index is 14.0. The summed E-state index contributed by atoms with van der Waals surface area (Å²) in [5.41, 5.74) is 8.44. The first-order valence-corrected chi connectivity index (χ1v) is 6.94.